The van der Waals surface area contributed by atoms with Gasteiger partial charge in [-0.05, 0) is 37.8 Å². The molecule has 1 heterocycles. The molecule has 0 aromatic carbocycles. The predicted octanol–water partition coefficient (Wildman–Crippen LogP) is 3.64. The average molecular weight is 330 g/mol. The van der Waals surface area contributed by atoms with Gasteiger partial charge in [0.2, 0.25) is 0 Å². The average Bonchev–Trinajstić information content (AvgIpc) is 2.88. The van der Waals surface area contributed by atoms with E-state index < -0.39 is 12.1 Å². The van der Waals surface area contributed by atoms with E-state index in [0.717, 1.165) is 30.6 Å². The molecule has 1 fully saturated rings. The lowest BCUT2D eigenvalue weighted by Gasteiger charge is -2.30. The zero-order valence-corrected chi connectivity index (χ0v) is 13.8. The quantitative estimate of drug-likeness (QED) is 0.858. The minimum absolute atomic E-state index is 0.184. The number of hydrogen-bond acceptors (Lipinski definition) is 4. The summed E-state index contributed by atoms with van der Waals surface area (Å²) in [6, 6.07) is 3.42. The minimum atomic E-state index is -0.799. The number of ether oxygens (including phenoxy) is 1. The van der Waals surface area contributed by atoms with Crippen molar-refractivity contribution >= 4 is 34.8 Å². The molecule has 0 aliphatic heterocycles. The highest BCUT2D eigenvalue weighted by atomic mass is 35.5. The van der Waals surface area contributed by atoms with Gasteiger partial charge in [0.15, 0.2) is 6.10 Å². The van der Waals surface area contributed by atoms with Crippen molar-refractivity contribution in [2.24, 2.45) is 5.92 Å². The Labute approximate surface area is 133 Å². The molecule has 4 nitrogen and oxygen atoms in total. The fraction of sp³-hybridized carbons (Fsp3) is 0.600. The van der Waals surface area contributed by atoms with E-state index in [2.05, 4.69) is 12.2 Å². The summed E-state index contributed by atoms with van der Waals surface area (Å²) in [5, 5.41) is 2.99. The van der Waals surface area contributed by atoms with Crippen LogP contribution < -0.4 is 5.32 Å². The first-order valence-corrected chi connectivity index (χ1v) is 8.43. The van der Waals surface area contributed by atoms with Crippen LogP contribution in [0, 0.1) is 5.92 Å². The van der Waals surface area contributed by atoms with Crippen molar-refractivity contribution in [2.75, 3.05) is 0 Å². The Balaban J connectivity index is 1.86. The second kappa shape index (κ2) is 7.27. The summed E-state index contributed by atoms with van der Waals surface area (Å²) in [6.07, 6.45) is 3.68. The summed E-state index contributed by atoms with van der Waals surface area (Å²) < 4.78 is 5.71. The van der Waals surface area contributed by atoms with Gasteiger partial charge in [0, 0.05) is 6.04 Å². The zero-order valence-electron chi connectivity index (χ0n) is 12.2. The summed E-state index contributed by atoms with van der Waals surface area (Å²) >= 11 is 6.92. The van der Waals surface area contributed by atoms with Crippen molar-refractivity contribution in [1.29, 1.82) is 0 Å². The fourth-order valence-corrected chi connectivity index (χ4v) is 3.45. The largest absolute Gasteiger partial charge is 0.448 e. The molecule has 1 aliphatic rings. The Morgan fingerprint density at radius 3 is 2.71 bits per heavy atom. The van der Waals surface area contributed by atoms with Gasteiger partial charge in [-0.1, -0.05) is 31.4 Å². The number of nitrogens with one attached hydrogen (secondary N) is 1. The Morgan fingerprint density at radius 1 is 1.38 bits per heavy atom. The summed E-state index contributed by atoms with van der Waals surface area (Å²) in [5.41, 5.74) is 0. The number of esters is 1. The van der Waals surface area contributed by atoms with E-state index in [-0.39, 0.29) is 11.9 Å². The molecule has 21 heavy (non-hydrogen) atoms. The van der Waals surface area contributed by atoms with E-state index in [0.29, 0.717) is 15.1 Å². The maximum Gasteiger partial charge on any atom is 0.349 e. The van der Waals surface area contributed by atoms with Gasteiger partial charge in [0.25, 0.3) is 5.91 Å². The molecule has 0 bridgehead atoms. The van der Waals surface area contributed by atoms with E-state index in [9.17, 15) is 9.59 Å². The maximum atomic E-state index is 12.1. The van der Waals surface area contributed by atoms with Crippen LogP contribution in [0.25, 0.3) is 0 Å². The third kappa shape index (κ3) is 4.45. The molecule has 0 radical (unpaired) electrons. The van der Waals surface area contributed by atoms with Gasteiger partial charge in [-0.25, -0.2) is 4.79 Å². The molecule has 1 aliphatic carbocycles. The highest BCUT2D eigenvalue weighted by Gasteiger charge is 2.26. The van der Waals surface area contributed by atoms with Crippen molar-refractivity contribution < 1.29 is 14.3 Å². The van der Waals surface area contributed by atoms with E-state index in [4.69, 9.17) is 16.3 Å². The molecule has 1 saturated carbocycles. The van der Waals surface area contributed by atoms with Gasteiger partial charge in [-0.3, -0.25) is 4.79 Å². The number of thiophene rings is 1. The van der Waals surface area contributed by atoms with Gasteiger partial charge < -0.3 is 10.1 Å². The number of carbonyl (C=O) groups excluding carboxylic acids is 2. The van der Waals surface area contributed by atoms with Crippen LogP contribution in [0.4, 0.5) is 0 Å². The minimum Gasteiger partial charge on any atom is -0.448 e. The van der Waals surface area contributed by atoms with Crippen LogP contribution in [0.15, 0.2) is 12.1 Å². The summed E-state index contributed by atoms with van der Waals surface area (Å²) in [7, 11) is 0. The van der Waals surface area contributed by atoms with Gasteiger partial charge in [0.1, 0.15) is 4.88 Å². The monoisotopic (exact) mass is 329 g/mol. The van der Waals surface area contributed by atoms with E-state index in [1.165, 1.54) is 6.42 Å². The van der Waals surface area contributed by atoms with Crippen molar-refractivity contribution in [3.8, 4) is 0 Å². The Morgan fingerprint density at radius 2 is 2.10 bits per heavy atom. The second-order valence-electron chi connectivity index (χ2n) is 5.53. The highest BCUT2D eigenvalue weighted by Crippen LogP contribution is 2.24. The fourth-order valence-electron chi connectivity index (χ4n) is 2.53. The third-order valence-corrected chi connectivity index (χ3v) is 5.08. The molecule has 116 valence electrons. The van der Waals surface area contributed by atoms with Gasteiger partial charge >= 0.3 is 5.97 Å². The number of rotatable bonds is 4. The van der Waals surface area contributed by atoms with Crippen LogP contribution in [-0.4, -0.2) is 24.0 Å². The van der Waals surface area contributed by atoms with E-state index >= 15 is 0 Å². The van der Waals surface area contributed by atoms with Crippen LogP contribution in [0.1, 0.15) is 49.2 Å². The first kappa shape index (κ1) is 16.3. The molecule has 1 amide bonds. The molecule has 3 unspecified atom stereocenters. The van der Waals surface area contributed by atoms with Crippen LogP contribution in [0.5, 0.6) is 0 Å². The smallest absolute Gasteiger partial charge is 0.349 e. The molecule has 1 N–H and O–H groups in total. The molecule has 2 rings (SSSR count). The molecule has 0 saturated heterocycles. The molecular weight excluding hydrogens is 310 g/mol. The van der Waals surface area contributed by atoms with E-state index in [1.54, 1.807) is 19.1 Å². The molecular formula is C15H20ClNO3S. The van der Waals surface area contributed by atoms with Gasteiger partial charge in [-0.2, -0.15) is 0 Å². The lowest BCUT2D eigenvalue weighted by Crippen LogP contribution is -2.45. The highest BCUT2D eigenvalue weighted by molar-refractivity contribution is 7.17. The van der Waals surface area contributed by atoms with Crippen LogP contribution in [0.2, 0.25) is 4.34 Å². The molecule has 3 atom stereocenters. The first-order valence-electron chi connectivity index (χ1n) is 7.24. The zero-order chi connectivity index (χ0) is 15.4. The van der Waals surface area contributed by atoms with Gasteiger partial charge in [-0.15, -0.1) is 11.3 Å². The third-order valence-electron chi connectivity index (χ3n) is 3.87. The number of carbonyl (C=O) groups is 2. The Kier molecular flexibility index (Phi) is 5.65. The topological polar surface area (TPSA) is 55.4 Å². The van der Waals surface area contributed by atoms with Crippen molar-refractivity contribution in [1.82, 2.24) is 5.32 Å². The Hall–Kier alpha value is -1.07. The van der Waals surface area contributed by atoms with Crippen LogP contribution >= 0.6 is 22.9 Å². The number of amides is 1. The maximum absolute atomic E-state index is 12.1. The van der Waals surface area contributed by atoms with Crippen molar-refractivity contribution in [2.45, 2.75) is 51.7 Å². The van der Waals surface area contributed by atoms with Crippen molar-refractivity contribution in [3.63, 3.8) is 0 Å². The van der Waals surface area contributed by atoms with Crippen LogP contribution in [0.3, 0.4) is 0 Å². The lowest BCUT2D eigenvalue weighted by atomic mass is 9.86. The van der Waals surface area contributed by atoms with Gasteiger partial charge in [0.05, 0.1) is 4.34 Å². The number of halogens is 1. The first-order chi connectivity index (χ1) is 9.97. The second-order valence-corrected chi connectivity index (χ2v) is 7.24. The van der Waals surface area contributed by atoms with Crippen LogP contribution in [-0.2, 0) is 9.53 Å². The molecule has 6 heteroatoms. The molecule has 1 aromatic heterocycles. The van der Waals surface area contributed by atoms with Crippen molar-refractivity contribution in [3.05, 3.63) is 21.3 Å². The SMILES string of the molecule is CC(OC(=O)c1ccc(Cl)s1)C(=O)NC1CCCCC1C. The number of hydrogen-bond donors (Lipinski definition) is 1. The molecule has 0 spiro atoms. The predicted molar refractivity (Wildman–Crippen MR) is 83.8 cm³/mol. The lowest BCUT2D eigenvalue weighted by molar-refractivity contribution is -0.130. The summed E-state index contributed by atoms with van der Waals surface area (Å²) in [6.45, 7) is 3.74. The Bertz CT molecular complexity index is 517. The standard InChI is InChI=1S/C15H20ClNO3S/c1-9-5-3-4-6-11(9)17-14(18)10(2)20-15(19)12-7-8-13(16)21-12/h7-11H,3-6H2,1-2H3,(H,17,18). The summed E-state index contributed by atoms with van der Waals surface area (Å²) in [4.78, 5) is 24.4. The summed E-state index contributed by atoms with van der Waals surface area (Å²) in [5.74, 6) is -0.266. The normalized spacial score (nSPS) is 23.4. The van der Waals surface area contributed by atoms with E-state index in [1.807, 2.05) is 0 Å². The molecule has 1 aromatic rings.